The lowest BCUT2D eigenvalue weighted by Crippen LogP contribution is -2.58. The first-order valence-electron chi connectivity index (χ1n) is 15.5. The van der Waals surface area contributed by atoms with E-state index >= 15 is 0 Å². The van der Waals surface area contributed by atoms with E-state index < -0.39 is 0 Å². The third kappa shape index (κ3) is 8.06. The number of likely N-dealkylation sites (N-methyl/N-ethyl adjacent to an activating group) is 1. The minimum Gasteiger partial charge on any atom is -0.487 e. The molecular weight excluding hydrogens is 594 g/mol. The van der Waals surface area contributed by atoms with Crippen molar-refractivity contribution in [2.75, 3.05) is 63.6 Å². The van der Waals surface area contributed by atoms with Gasteiger partial charge >= 0.3 is 0 Å². The third-order valence-electron chi connectivity index (χ3n) is 7.60. The molecule has 6 rings (SSSR count). The van der Waals surface area contributed by atoms with Crippen LogP contribution in [0.1, 0.15) is 19.4 Å². The van der Waals surface area contributed by atoms with Crippen LogP contribution in [0.25, 0.3) is 11.0 Å². The highest BCUT2D eigenvalue weighted by molar-refractivity contribution is 5.90. The Hall–Kier alpha value is -5.41. The summed E-state index contributed by atoms with van der Waals surface area (Å²) in [6, 6.07) is 7.85. The number of rotatable bonds is 8. The molecule has 5 heterocycles. The lowest BCUT2D eigenvalue weighted by molar-refractivity contribution is -0.127. The molecule has 0 spiro atoms. The number of hydrogen-bond acceptors (Lipinski definition) is 11. The molecule has 0 saturated carbocycles. The summed E-state index contributed by atoms with van der Waals surface area (Å²) >= 11 is 0. The lowest BCUT2D eigenvalue weighted by Gasteiger charge is -2.44. The average molecular weight is 636 g/mol. The predicted molar refractivity (Wildman–Crippen MR) is 186 cm³/mol. The zero-order valence-corrected chi connectivity index (χ0v) is 27.6. The Morgan fingerprint density at radius 1 is 1.28 bits per heavy atom. The number of fused-ring (bicyclic) bond motifs is 4. The third-order valence-corrected chi connectivity index (χ3v) is 7.60. The highest BCUT2D eigenvalue weighted by Crippen LogP contribution is 2.37. The van der Waals surface area contributed by atoms with E-state index in [9.17, 15) is 4.79 Å². The topological polar surface area (TPSA) is 112 Å². The number of pyridine rings is 1. The quantitative estimate of drug-likeness (QED) is 0.218. The Kier molecular flexibility index (Phi) is 10.7. The van der Waals surface area contributed by atoms with Gasteiger partial charge in [0.25, 0.3) is 0 Å². The van der Waals surface area contributed by atoms with Crippen LogP contribution in [0.3, 0.4) is 0 Å². The van der Waals surface area contributed by atoms with Crippen LogP contribution in [0.4, 0.5) is 17.3 Å². The SMILES string of the molecule is C#CC.C/C=N\N1C=CC(Oc2ccc(Nc3ncnc4cc5c(nc34)N3CCN(C(=O)/C=C/CN(C)C)CC3CO5)cc2C)=CC1. The van der Waals surface area contributed by atoms with E-state index in [1.54, 1.807) is 19.2 Å². The normalized spacial score (nSPS) is 17.1. The predicted octanol–water partition coefficient (Wildman–Crippen LogP) is 4.34. The molecule has 1 atom stereocenters. The number of terminal acetylenes is 1. The average Bonchev–Trinajstić information content (AvgIpc) is 3.06. The van der Waals surface area contributed by atoms with Crippen LogP contribution in [0.5, 0.6) is 11.5 Å². The summed E-state index contributed by atoms with van der Waals surface area (Å²) in [5.41, 5.74) is 3.17. The minimum absolute atomic E-state index is 0.0141. The number of hydrogen-bond donors (Lipinski definition) is 1. The molecule has 2 aromatic heterocycles. The second-order valence-electron chi connectivity index (χ2n) is 11.4. The number of aromatic nitrogens is 3. The highest BCUT2D eigenvalue weighted by atomic mass is 16.5. The number of allylic oxidation sites excluding steroid dienone is 1. The van der Waals surface area contributed by atoms with E-state index in [4.69, 9.17) is 14.5 Å². The maximum atomic E-state index is 12.8. The molecule has 0 aliphatic carbocycles. The van der Waals surface area contributed by atoms with Crippen molar-refractivity contribution < 1.29 is 14.3 Å². The van der Waals surface area contributed by atoms with Crippen LogP contribution in [0, 0.1) is 19.3 Å². The van der Waals surface area contributed by atoms with Gasteiger partial charge in [0.2, 0.25) is 5.91 Å². The van der Waals surface area contributed by atoms with Crippen molar-refractivity contribution in [3.63, 3.8) is 0 Å². The molecule has 1 fully saturated rings. The molecule has 3 aromatic rings. The van der Waals surface area contributed by atoms with Gasteiger partial charge in [0.05, 0.1) is 18.1 Å². The second-order valence-corrected chi connectivity index (χ2v) is 11.4. The number of carbonyl (C=O) groups excluding carboxylic acids is 1. The first-order chi connectivity index (χ1) is 22.8. The van der Waals surface area contributed by atoms with Crippen molar-refractivity contribution in [3.8, 4) is 23.8 Å². The van der Waals surface area contributed by atoms with Crippen LogP contribution >= 0.6 is 0 Å². The van der Waals surface area contributed by atoms with E-state index in [0.717, 1.165) is 35.1 Å². The van der Waals surface area contributed by atoms with Gasteiger partial charge in [-0.25, -0.2) is 15.0 Å². The number of carbonyl (C=O) groups is 1. The number of nitrogens with one attached hydrogen (secondary N) is 1. The van der Waals surface area contributed by atoms with Gasteiger partial charge in [0.1, 0.15) is 30.0 Å². The van der Waals surface area contributed by atoms with Gasteiger partial charge in [0.15, 0.2) is 17.4 Å². The standard InChI is InChI=1S/C32H37N9O3.C3H4/c1-5-35-40-13-10-25(11-14-40)44-27-9-8-23(17-22(27)2)36-31-30-26(33-21-34-31)18-28-32(37-30)41-16-15-39(19-24(41)20-43-28)29(42)7-6-12-38(3)4;1-3-2/h5-11,13,17-18,21,24H,12,14-16,19-20H2,1-4H3,(H,33,34,36);1H,2H3/b7-6+,35-5-;. The number of aryl methyl sites for hydroxylation is 1. The number of ether oxygens (including phenoxy) is 2. The second kappa shape index (κ2) is 15.2. The van der Waals surface area contributed by atoms with E-state index in [1.807, 2.05) is 91.4 Å². The molecule has 12 heteroatoms. The maximum Gasteiger partial charge on any atom is 0.246 e. The van der Waals surface area contributed by atoms with Crippen LogP contribution < -0.4 is 19.7 Å². The van der Waals surface area contributed by atoms with E-state index in [2.05, 4.69) is 37.6 Å². The summed E-state index contributed by atoms with van der Waals surface area (Å²) in [6.45, 7) is 9.26. The molecule has 1 aromatic carbocycles. The van der Waals surface area contributed by atoms with Gasteiger partial charge in [-0.2, -0.15) is 5.10 Å². The van der Waals surface area contributed by atoms with Crippen LogP contribution in [-0.2, 0) is 4.79 Å². The van der Waals surface area contributed by atoms with Crippen molar-refractivity contribution >= 4 is 40.5 Å². The summed E-state index contributed by atoms with van der Waals surface area (Å²) in [7, 11) is 3.95. The zero-order valence-electron chi connectivity index (χ0n) is 27.6. The monoisotopic (exact) mass is 635 g/mol. The Labute approximate surface area is 276 Å². The van der Waals surface area contributed by atoms with Gasteiger partial charge in [-0.05, 0) is 70.8 Å². The fourth-order valence-corrected chi connectivity index (χ4v) is 5.38. The van der Waals surface area contributed by atoms with Crippen molar-refractivity contribution in [2.24, 2.45) is 5.10 Å². The Morgan fingerprint density at radius 3 is 2.83 bits per heavy atom. The molecule has 1 N–H and O–H groups in total. The highest BCUT2D eigenvalue weighted by Gasteiger charge is 2.35. The summed E-state index contributed by atoms with van der Waals surface area (Å²) < 4.78 is 12.3. The van der Waals surface area contributed by atoms with E-state index in [1.165, 1.54) is 6.33 Å². The van der Waals surface area contributed by atoms with Crippen LogP contribution in [-0.4, -0.2) is 101 Å². The smallest absolute Gasteiger partial charge is 0.246 e. The number of piperazine rings is 1. The summed E-state index contributed by atoms with van der Waals surface area (Å²) in [5, 5.41) is 9.51. The van der Waals surface area contributed by atoms with Crippen LogP contribution in [0.2, 0.25) is 0 Å². The van der Waals surface area contributed by atoms with E-state index in [-0.39, 0.29) is 11.9 Å². The van der Waals surface area contributed by atoms with Gasteiger partial charge in [0, 0.05) is 56.4 Å². The van der Waals surface area contributed by atoms with Gasteiger partial charge < -0.3 is 29.5 Å². The Balaban J connectivity index is 0.00000139. The minimum atomic E-state index is 0.0141. The number of hydrazone groups is 1. The molecule has 0 bridgehead atoms. The zero-order chi connectivity index (χ0) is 33.3. The fourth-order valence-electron chi connectivity index (χ4n) is 5.38. The molecule has 1 amide bonds. The first kappa shape index (κ1) is 33.0. The number of benzene rings is 1. The van der Waals surface area contributed by atoms with Crippen molar-refractivity contribution in [1.82, 2.24) is 29.8 Å². The molecular formula is C35H41N9O3. The number of anilines is 3. The summed E-state index contributed by atoms with van der Waals surface area (Å²) in [4.78, 5) is 32.9. The van der Waals surface area contributed by atoms with Gasteiger partial charge in [-0.15, -0.1) is 12.3 Å². The van der Waals surface area contributed by atoms with Gasteiger partial charge in [-0.1, -0.05) is 6.08 Å². The molecule has 3 aliphatic rings. The van der Waals surface area contributed by atoms with Crippen molar-refractivity contribution in [3.05, 3.63) is 72.4 Å². The van der Waals surface area contributed by atoms with Crippen LogP contribution in [0.15, 0.2) is 72.0 Å². The lowest BCUT2D eigenvalue weighted by atomic mass is 10.1. The molecule has 47 heavy (non-hydrogen) atoms. The van der Waals surface area contributed by atoms with E-state index in [0.29, 0.717) is 55.4 Å². The van der Waals surface area contributed by atoms with Crippen molar-refractivity contribution in [2.45, 2.75) is 26.8 Å². The Bertz CT molecular complexity index is 1760. The molecule has 1 unspecified atom stereocenters. The fraction of sp³-hybridized carbons (Fsp3) is 0.343. The largest absolute Gasteiger partial charge is 0.487 e. The molecule has 12 nitrogen and oxygen atoms in total. The molecule has 0 radical (unpaired) electrons. The number of amides is 1. The molecule has 3 aliphatic heterocycles. The van der Waals surface area contributed by atoms with Crippen molar-refractivity contribution in [1.29, 1.82) is 0 Å². The molecule has 244 valence electrons. The van der Waals surface area contributed by atoms with Gasteiger partial charge in [-0.3, -0.25) is 9.80 Å². The Morgan fingerprint density at radius 2 is 2.11 bits per heavy atom. The summed E-state index contributed by atoms with van der Waals surface area (Å²) in [6.07, 6.45) is 17.2. The molecule has 1 saturated heterocycles. The number of nitrogens with zero attached hydrogens (tertiary/aromatic N) is 8. The first-order valence-corrected chi connectivity index (χ1v) is 15.5. The summed E-state index contributed by atoms with van der Waals surface area (Å²) in [5.74, 6) is 5.86. The maximum absolute atomic E-state index is 12.8.